The molecule has 3 unspecified atom stereocenters. The van der Waals surface area contributed by atoms with Crippen molar-refractivity contribution in [1.29, 1.82) is 0 Å². The van der Waals surface area contributed by atoms with E-state index >= 15 is 0 Å². The Labute approximate surface area is 252 Å². The lowest BCUT2D eigenvalue weighted by Gasteiger charge is -2.40. The van der Waals surface area contributed by atoms with E-state index in [1.807, 2.05) is 80.6 Å². The number of phenols is 1. The van der Waals surface area contributed by atoms with E-state index in [9.17, 15) is 14.7 Å². The van der Waals surface area contributed by atoms with Gasteiger partial charge in [-0.3, -0.25) is 14.3 Å². The van der Waals surface area contributed by atoms with Crippen molar-refractivity contribution < 1.29 is 14.7 Å². The topological polar surface area (TPSA) is 75.4 Å². The number of carbonyl (C=O) groups excluding carboxylic acids is 2. The van der Waals surface area contributed by atoms with Crippen molar-refractivity contribution in [2.75, 3.05) is 4.90 Å². The van der Waals surface area contributed by atoms with Gasteiger partial charge in [0.15, 0.2) is 0 Å². The molecule has 8 heteroatoms. The number of rotatable bonds is 4. The Morgan fingerprint density at radius 3 is 2.69 bits per heavy atom. The first-order valence-electron chi connectivity index (χ1n) is 13.8. The van der Waals surface area contributed by atoms with Crippen LogP contribution in [0.4, 0.5) is 5.82 Å². The Balaban J connectivity index is 1.34. The van der Waals surface area contributed by atoms with Crippen molar-refractivity contribution in [2.24, 2.45) is 18.4 Å². The Morgan fingerprint density at radius 2 is 1.90 bits per heavy atom. The number of nitrogens with zero attached hydrogens (tertiary/aromatic N) is 3. The number of hydrogen-bond donors (Lipinski definition) is 1. The molecule has 7 rings (SSSR count). The third-order valence-corrected chi connectivity index (χ3v) is 10.7. The summed E-state index contributed by atoms with van der Waals surface area (Å²) in [6.07, 6.45) is 4.12. The summed E-state index contributed by atoms with van der Waals surface area (Å²) >= 11 is 7.86. The van der Waals surface area contributed by atoms with E-state index in [4.69, 9.17) is 16.7 Å². The molecule has 1 fully saturated rings. The molecule has 6 nitrogen and oxygen atoms in total. The van der Waals surface area contributed by atoms with Gasteiger partial charge in [0.1, 0.15) is 17.3 Å². The molecule has 3 heterocycles. The minimum atomic E-state index is -1.13. The highest BCUT2D eigenvalue weighted by atomic mass is 35.5. The standard InChI is InChI=1S/C34H28ClN3O3S/c1-5-19-11-14-25-32(40)38(28-17-26(36-37(28)4)31-18(2)24-16-21(35)12-15-27(24)42-31)33(41)34(25,3)29(19)23-13-10-20-8-6-7-9-22(20)30(23)39/h5-13,15-17,25,29,39H,1,14H2,2-4H3. The fourth-order valence-corrected chi connectivity index (χ4v) is 8.25. The number of fused-ring (bicyclic) bond motifs is 3. The van der Waals surface area contributed by atoms with Gasteiger partial charge in [0.2, 0.25) is 11.8 Å². The van der Waals surface area contributed by atoms with E-state index in [1.54, 1.807) is 29.1 Å². The molecule has 3 aromatic carbocycles. The average Bonchev–Trinajstić information content (AvgIpc) is 3.58. The number of benzene rings is 3. The van der Waals surface area contributed by atoms with Crippen LogP contribution in [0.5, 0.6) is 5.75 Å². The van der Waals surface area contributed by atoms with Gasteiger partial charge in [0.05, 0.1) is 16.2 Å². The second-order valence-corrected chi connectivity index (χ2v) is 12.8. The number of imide groups is 1. The van der Waals surface area contributed by atoms with Crippen molar-refractivity contribution in [2.45, 2.75) is 26.2 Å². The molecule has 0 saturated carbocycles. The summed E-state index contributed by atoms with van der Waals surface area (Å²) in [5, 5.41) is 19.5. The van der Waals surface area contributed by atoms with Crippen LogP contribution in [0.15, 0.2) is 85.0 Å². The van der Waals surface area contributed by atoms with Gasteiger partial charge >= 0.3 is 0 Å². The highest BCUT2D eigenvalue weighted by molar-refractivity contribution is 7.22. The average molecular weight is 594 g/mol. The first-order valence-corrected chi connectivity index (χ1v) is 15.0. The van der Waals surface area contributed by atoms with Gasteiger partial charge in [-0.2, -0.15) is 5.10 Å². The maximum absolute atomic E-state index is 14.5. The monoisotopic (exact) mass is 593 g/mol. The number of thiophene rings is 1. The third kappa shape index (κ3) is 3.60. The largest absolute Gasteiger partial charge is 0.507 e. The molecule has 0 spiro atoms. The molecule has 42 heavy (non-hydrogen) atoms. The Hall–Kier alpha value is -4.20. The summed E-state index contributed by atoms with van der Waals surface area (Å²) in [4.78, 5) is 30.9. The van der Waals surface area contributed by atoms with Crippen LogP contribution in [0.1, 0.15) is 30.4 Å². The molecule has 210 valence electrons. The van der Waals surface area contributed by atoms with Gasteiger partial charge in [-0.05, 0) is 60.4 Å². The normalized spacial score (nSPS) is 22.2. The quantitative estimate of drug-likeness (QED) is 0.215. The van der Waals surface area contributed by atoms with Crippen LogP contribution < -0.4 is 4.90 Å². The second-order valence-electron chi connectivity index (χ2n) is 11.3. The van der Waals surface area contributed by atoms with Crippen LogP contribution in [0.25, 0.3) is 31.4 Å². The number of allylic oxidation sites excluding steroid dienone is 3. The number of hydrogen-bond acceptors (Lipinski definition) is 5. The van der Waals surface area contributed by atoms with E-state index in [0.29, 0.717) is 33.9 Å². The number of anilines is 1. The summed E-state index contributed by atoms with van der Waals surface area (Å²) in [6, 6.07) is 19.0. The van der Waals surface area contributed by atoms with Crippen molar-refractivity contribution >= 4 is 61.4 Å². The highest BCUT2D eigenvalue weighted by Gasteiger charge is 2.63. The SMILES string of the molecule is C=CC1=CCC2C(=O)N(c3cc(-c4sc5ccc(Cl)cc5c4C)nn3C)C(=O)C2(C)C1c1ccc2ccccc2c1O. The lowest BCUT2D eigenvalue weighted by Crippen LogP contribution is -2.42. The van der Waals surface area contributed by atoms with E-state index in [1.165, 1.54) is 4.90 Å². The summed E-state index contributed by atoms with van der Waals surface area (Å²) in [5.74, 6) is -1.18. The van der Waals surface area contributed by atoms with Gasteiger partial charge in [-0.25, -0.2) is 4.90 Å². The van der Waals surface area contributed by atoms with Crippen LogP contribution in [-0.2, 0) is 16.6 Å². The summed E-state index contributed by atoms with van der Waals surface area (Å²) in [7, 11) is 1.75. The van der Waals surface area contributed by atoms with Crippen LogP contribution in [0.3, 0.4) is 0 Å². The predicted octanol–water partition coefficient (Wildman–Crippen LogP) is 7.92. The Kier molecular flexibility index (Phi) is 5.98. The molecule has 1 aliphatic carbocycles. The molecule has 0 radical (unpaired) electrons. The number of carbonyl (C=O) groups is 2. The molecule has 3 atom stereocenters. The minimum Gasteiger partial charge on any atom is -0.507 e. The van der Waals surface area contributed by atoms with Crippen LogP contribution >= 0.6 is 22.9 Å². The van der Waals surface area contributed by atoms with Crippen molar-refractivity contribution in [3.63, 3.8) is 0 Å². The molecule has 5 aromatic rings. The molecule has 2 aromatic heterocycles. The number of amides is 2. The van der Waals surface area contributed by atoms with Gasteiger partial charge in [0, 0.05) is 39.7 Å². The summed E-state index contributed by atoms with van der Waals surface area (Å²) in [5.41, 5.74) is 2.04. The fraction of sp³-hybridized carbons (Fsp3) is 0.206. The molecule has 0 bridgehead atoms. The molecule has 1 aliphatic heterocycles. The van der Waals surface area contributed by atoms with Gasteiger partial charge in [0.25, 0.3) is 0 Å². The lowest BCUT2D eigenvalue weighted by molar-refractivity contribution is -0.127. The maximum atomic E-state index is 14.5. The highest BCUT2D eigenvalue weighted by Crippen LogP contribution is 2.58. The number of phenolic OH excluding ortho intramolecular Hbond substituents is 1. The third-order valence-electron chi connectivity index (χ3n) is 9.12. The zero-order valence-electron chi connectivity index (χ0n) is 23.4. The number of halogens is 1. The zero-order valence-corrected chi connectivity index (χ0v) is 25.0. The second kappa shape index (κ2) is 9.41. The molecular weight excluding hydrogens is 566 g/mol. The smallest absolute Gasteiger partial charge is 0.242 e. The van der Waals surface area contributed by atoms with E-state index in [-0.39, 0.29) is 17.6 Å². The fourth-order valence-electron chi connectivity index (χ4n) is 6.93. The van der Waals surface area contributed by atoms with Gasteiger partial charge in [-0.1, -0.05) is 66.7 Å². The van der Waals surface area contributed by atoms with Crippen molar-refractivity contribution in [3.05, 3.63) is 101 Å². The summed E-state index contributed by atoms with van der Waals surface area (Å²) in [6.45, 7) is 7.90. The van der Waals surface area contributed by atoms with Crippen LogP contribution in [0.2, 0.25) is 5.02 Å². The van der Waals surface area contributed by atoms with Crippen LogP contribution in [0, 0.1) is 18.3 Å². The Morgan fingerprint density at radius 1 is 1.12 bits per heavy atom. The molecule has 2 amide bonds. The number of aromatic hydroxyl groups is 1. The van der Waals surface area contributed by atoms with Gasteiger partial charge < -0.3 is 5.11 Å². The molecule has 2 aliphatic rings. The van der Waals surface area contributed by atoms with Crippen molar-refractivity contribution in [1.82, 2.24) is 9.78 Å². The Bertz CT molecular complexity index is 2020. The minimum absolute atomic E-state index is 0.120. The zero-order chi connectivity index (χ0) is 29.5. The van der Waals surface area contributed by atoms with E-state index in [0.717, 1.165) is 31.5 Å². The van der Waals surface area contributed by atoms with E-state index in [2.05, 4.69) is 6.58 Å². The van der Waals surface area contributed by atoms with E-state index < -0.39 is 17.3 Å². The lowest BCUT2D eigenvalue weighted by atomic mass is 9.60. The number of aryl methyl sites for hydroxylation is 2. The molecule has 1 saturated heterocycles. The number of aromatic nitrogens is 2. The van der Waals surface area contributed by atoms with Crippen molar-refractivity contribution in [3.8, 4) is 16.3 Å². The molecular formula is C34H28ClN3O3S. The maximum Gasteiger partial charge on any atom is 0.242 e. The first kappa shape index (κ1) is 26.7. The predicted molar refractivity (Wildman–Crippen MR) is 169 cm³/mol. The van der Waals surface area contributed by atoms with Gasteiger partial charge in [-0.15, -0.1) is 11.3 Å². The summed E-state index contributed by atoms with van der Waals surface area (Å²) < 4.78 is 2.69. The first-order chi connectivity index (χ1) is 20.1. The van der Waals surface area contributed by atoms with Crippen LogP contribution in [-0.4, -0.2) is 26.7 Å². The molecule has 1 N–H and O–H groups in total.